The molecule has 1 aromatic rings. The number of non-ortho nitro benzene ring substituents is 1. The van der Waals surface area contributed by atoms with Crippen molar-refractivity contribution in [2.75, 3.05) is 5.32 Å². The van der Waals surface area contributed by atoms with Crippen molar-refractivity contribution in [1.29, 1.82) is 0 Å². The molecule has 0 unspecified atom stereocenters. The van der Waals surface area contributed by atoms with E-state index in [2.05, 4.69) is 19.2 Å². The van der Waals surface area contributed by atoms with Crippen LogP contribution in [0.1, 0.15) is 39.5 Å². The van der Waals surface area contributed by atoms with Gasteiger partial charge in [-0.05, 0) is 43.6 Å². The Hall–Kier alpha value is -1.65. The standard InChI is InChI=1S/C15H21FN2O2/c1-10(2)11-3-5-12(6-4-11)17-15-9-13(18(19)20)7-8-14(15)16/h7-12,17H,3-6H2,1-2H3. The normalized spacial score (nSPS) is 22.8. The van der Waals surface area contributed by atoms with E-state index in [9.17, 15) is 14.5 Å². The lowest BCUT2D eigenvalue weighted by atomic mass is 9.79. The molecule has 0 aromatic heterocycles. The summed E-state index contributed by atoms with van der Waals surface area (Å²) in [5.41, 5.74) is 0.164. The highest BCUT2D eigenvalue weighted by Gasteiger charge is 2.24. The summed E-state index contributed by atoms with van der Waals surface area (Å²) < 4.78 is 13.7. The second-order valence-corrected chi connectivity index (χ2v) is 5.92. The fraction of sp³-hybridized carbons (Fsp3) is 0.600. The summed E-state index contributed by atoms with van der Waals surface area (Å²) in [5.74, 6) is 0.995. The first kappa shape index (κ1) is 14.8. The van der Waals surface area contributed by atoms with E-state index in [0.29, 0.717) is 5.92 Å². The fourth-order valence-electron chi connectivity index (χ4n) is 2.89. The van der Waals surface area contributed by atoms with Crippen molar-refractivity contribution in [2.45, 2.75) is 45.6 Å². The third-order valence-corrected chi connectivity index (χ3v) is 4.24. The SMILES string of the molecule is CC(C)C1CCC(Nc2cc([N+](=O)[O-])ccc2F)CC1. The van der Waals surface area contributed by atoms with Crippen LogP contribution in [0.25, 0.3) is 0 Å². The predicted molar refractivity (Wildman–Crippen MR) is 77.3 cm³/mol. The molecule has 110 valence electrons. The number of rotatable bonds is 4. The Morgan fingerprint density at radius 1 is 1.30 bits per heavy atom. The van der Waals surface area contributed by atoms with Gasteiger partial charge in [0.1, 0.15) is 5.82 Å². The van der Waals surface area contributed by atoms with E-state index in [1.54, 1.807) is 0 Å². The Bertz CT molecular complexity index is 483. The van der Waals surface area contributed by atoms with Crippen molar-refractivity contribution >= 4 is 11.4 Å². The Labute approximate surface area is 118 Å². The molecular weight excluding hydrogens is 259 g/mol. The molecule has 1 aliphatic carbocycles. The lowest BCUT2D eigenvalue weighted by Crippen LogP contribution is -2.28. The summed E-state index contributed by atoms with van der Waals surface area (Å²) in [6.07, 6.45) is 4.24. The van der Waals surface area contributed by atoms with E-state index in [4.69, 9.17) is 0 Å². The minimum absolute atomic E-state index is 0.0789. The number of anilines is 1. The van der Waals surface area contributed by atoms with Gasteiger partial charge < -0.3 is 5.32 Å². The van der Waals surface area contributed by atoms with Crippen molar-refractivity contribution in [3.8, 4) is 0 Å². The second kappa shape index (κ2) is 6.20. The predicted octanol–water partition coefficient (Wildman–Crippen LogP) is 4.36. The van der Waals surface area contributed by atoms with Crippen LogP contribution in [0.15, 0.2) is 18.2 Å². The topological polar surface area (TPSA) is 55.2 Å². The minimum Gasteiger partial charge on any atom is -0.380 e. The van der Waals surface area contributed by atoms with Gasteiger partial charge in [-0.25, -0.2) is 4.39 Å². The summed E-state index contributed by atoms with van der Waals surface area (Å²) in [6, 6.07) is 3.83. The molecule has 0 saturated heterocycles. The molecule has 0 amide bonds. The third kappa shape index (κ3) is 3.46. The first-order valence-corrected chi connectivity index (χ1v) is 7.18. The Morgan fingerprint density at radius 2 is 1.95 bits per heavy atom. The quantitative estimate of drug-likeness (QED) is 0.658. The van der Waals surface area contributed by atoms with E-state index >= 15 is 0 Å². The Kier molecular flexibility index (Phi) is 4.57. The van der Waals surface area contributed by atoms with Crippen LogP contribution in [0.4, 0.5) is 15.8 Å². The lowest BCUT2D eigenvalue weighted by Gasteiger charge is -2.31. The monoisotopic (exact) mass is 280 g/mol. The first-order valence-electron chi connectivity index (χ1n) is 7.18. The number of benzene rings is 1. The molecule has 0 radical (unpaired) electrons. The molecule has 0 spiro atoms. The molecule has 1 N–H and O–H groups in total. The molecule has 1 aromatic carbocycles. The van der Waals surface area contributed by atoms with Crippen LogP contribution in [0.2, 0.25) is 0 Å². The van der Waals surface area contributed by atoms with Gasteiger partial charge in [0.2, 0.25) is 0 Å². The average molecular weight is 280 g/mol. The summed E-state index contributed by atoms with van der Waals surface area (Å²) in [6.45, 7) is 4.47. The molecule has 2 rings (SSSR count). The first-order chi connectivity index (χ1) is 9.47. The van der Waals surface area contributed by atoms with Crippen LogP contribution >= 0.6 is 0 Å². The van der Waals surface area contributed by atoms with E-state index in [1.807, 2.05) is 0 Å². The Morgan fingerprint density at radius 3 is 2.50 bits per heavy atom. The van der Waals surface area contributed by atoms with Crippen molar-refractivity contribution < 1.29 is 9.31 Å². The van der Waals surface area contributed by atoms with Crippen LogP contribution in [-0.2, 0) is 0 Å². The van der Waals surface area contributed by atoms with Crippen molar-refractivity contribution in [3.05, 3.63) is 34.1 Å². The summed E-state index contributed by atoms with van der Waals surface area (Å²) in [7, 11) is 0. The van der Waals surface area contributed by atoms with Gasteiger partial charge in [0.25, 0.3) is 5.69 Å². The number of nitro benzene ring substituents is 1. The molecular formula is C15H21FN2O2. The molecule has 5 heteroatoms. The van der Waals surface area contributed by atoms with Gasteiger partial charge in [-0.3, -0.25) is 10.1 Å². The second-order valence-electron chi connectivity index (χ2n) is 5.92. The lowest BCUT2D eigenvalue weighted by molar-refractivity contribution is -0.384. The maximum atomic E-state index is 13.7. The molecule has 20 heavy (non-hydrogen) atoms. The number of nitrogens with one attached hydrogen (secondary N) is 1. The summed E-state index contributed by atoms with van der Waals surface area (Å²) >= 11 is 0. The van der Waals surface area contributed by atoms with E-state index in [-0.39, 0.29) is 17.4 Å². The van der Waals surface area contributed by atoms with Gasteiger partial charge in [0, 0.05) is 18.2 Å². The number of nitrogens with zero attached hydrogens (tertiary/aromatic N) is 1. The molecule has 0 atom stereocenters. The largest absolute Gasteiger partial charge is 0.380 e. The van der Waals surface area contributed by atoms with Crippen molar-refractivity contribution in [1.82, 2.24) is 0 Å². The number of hydrogen-bond acceptors (Lipinski definition) is 3. The van der Waals surface area contributed by atoms with E-state index < -0.39 is 10.7 Å². The van der Waals surface area contributed by atoms with Gasteiger partial charge in [-0.1, -0.05) is 13.8 Å². The minimum atomic E-state index is -0.500. The molecule has 1 saturated carbocycles. The van der Waals surface area contributed by atoms with Crippen molar-refractivity contribution in [3.63, 3.8) is 0 Å². The van der Waals surface area contributed by atoms with Crippen LogP contribution in [0.5, 0.6) is 0 Å². The number of halogens is 1. The molecule has 0 aliphatic heterocycles. The highest BCUT2D eigenvalue weighted by atomic mass is 19.1. The zero-order chi connectivity index (χ0) is 14.7. The maximum absolute atomic E-state index is 13.7. The average Bonchev–Trinajstić information content (AvgIpc) is 2.41. The smallest absolute Gasteiger partial charge is 0.271 e. The maximum Gasteiger partial charge on any atom is 0.271 e. The molecule has 1 aliphatic rings. The third-order valence-electron chi connectivity index (χ3n) is 4.24. The molecule has 0 heterocycles. The molecule has 1 fully saturated rings. The van der Waals surface area contributed by atoms with Crippen LogP contribution in [0.3, 0.4) is 0 Å². The van der Waals surface area contributed by atoms with Crippen LogP contribution in [0, 0.1) is 27.8 Å². The van der Waals surface area contributed by atoms with Gasteiger partial charge in [-0.2, -0.15) is 0 Å². The van der Waals surface area contributed by atoms with E-state index in [0.717, 1.165) is 37.7 Å². The van der Waals surface area contributed by atoms with E-state index in [1.165, 1.54) is 12.1 Å². The zero-order valence-electron chi connectivity index (χ0n) is 11.9. The van der Waals surface area contributed by atoms with Gasteiger partial charge >= 0.3 is 0 Å². The number of hydrogen-bond donors (Lipinski definition) is 1. The van der Waals surface area contributed by atoms with Gasteiger partial charge in [-0.15, -0.1) is 0 Å². The van der Waals surface area contributed by atoms with Crippen LogP contribution < -0.4 is 5.32 Å². The number of nitro groups is 1. The summed E-state index contributed by atoms with van der Waals surface area (Å²) in [5, 5.41) is 13.9. The fourth-order valence-corrected chi connectivity index (χ4v) is 2.89. The zero-order valence-corrected chi connectivity index (χ0v) is 11.9. The van der Waals surface area contributed by atoms with Crippen molar-refractivity contribution in [2.24, 2.45) is 11.8 Å². The molecule has 0 bridgehead atoms. The molecule has 4 nitrogen and oxygen atoms in total. The Balaban J connectivity index is 2.00. The highest BCUT2D eigenvalue weighted by molar-refractivity contribution is 5.52. The highest BCUT2D eigenvalue weighted by Crippen LogP contribution is 2.32. The summed E-state index contributed by atoms with van der Waals surface area (Å²) in [4.78, 5) is 10.2. The van der Waals surface area contributed by atoms with Gasteiger partial charge in [0.15, 0.2) is 0 Å². The van der Waals surface area contributed by atoms with Gasteiger partial charge in [0.05, 0.1) is 10.6 Å². The van der Waals surface area contributed by atoms with Crippen LogP contribution in [-0.4, -0.2) is 11.0 Å².